The quantitative estimate of drug-likeness (QED) is 0.204. The van der Waals surface area contributed by atoms with Crippen molar-refractivity contribution in [3.05, 3.63) is 65.2 Å². The molecule has 1 aliphatic rings. The molecule has 8 nitrogen and oxygen atoms in total. The molecule has 1 aromatic heterocycles. The van der Waals surface area contributed by atoms with E-state index in [4.69, 9.17) is 10.5 Å². The maximum Gasteiger partial charge on any atom is 0.223 e. The number of rotatable bonds is 11. The third-order valence-electron chi connectivity index (χ3n) is 8.43. The Kier molecular flexibility index (Phi) is 9.96. The van der Waals surface area contributed by atoms with Crippen molar-refractivity contribution in [1.82, 2.24) is 15.3 Å². The standard InChI is InChI=1S/C34H46N4O4S/c1-8-28(39)38-34(7)18-24(19-34)31(23-13-10-14-26(15-23)43(40)41)25(17-33(4,5)6)20-42-29-16-27(36-32(35)37-29)30-21(2)11-9-12-22(30)3/h9-16,24-25,31H,8,17-20H2,1-7H3,(H,38,39)(H,40,41)(H2,35,36,37)/t24?,25-,31?,34?/m1/s1. The first-order valence-corrected chi connectivity index (χ1v) is 16.1. The van der Waals surface area contributed by atoms with Gasteiger partial charge < -0.3 is 20.3 Å². The fraction of sp³-hybridized carbons (Fsp3) is 0.500. The van der Waals surface area contributed by atoms with Crippen LogP contribution in [0.2, 0.25) is 0 Å². The highest BCUT2D eigenvalue weighted by Crippen LogP contribution is 2.51. The normalized spacial score (nSPS) is 20.5. The number of aryl methyl sites for hydroxylation is 2. The van der Waals surface area contributed by atoms with Crippen molar-refractivity contribution >= 4 is 22.9 Å². The highest BCUT2D eigenvalue weighted by Gasteiger charge is 2.47. The number of amides is 1. The highest BCUT2D eigenvalue weighted by molar-refractivity contribution is 7.79. The minimum Gasteiger partial charge on any atom is -0.477 e. The van der Waals surface area contributed by atoms with E-state index in [1.807, 2.05) is 63.2 Å². The van der Waals surface area contributed by atoms with Gasteiger partial charge >= 0.3 is 0 Å². The summed E-state index contributed by atoms with van der Waals surface area (Å²) < 4.78 is 28.4. The Morgan fingerprint density at radius 2 is 1.79 bits per heavy atom. The molecule has 3 atom stereocenters. The molecule has 2 unspecified atom stereocenters. The number of benzene rings is 2. The van der Waals surface area contributed by atoms with Gasteiger partial charge in [0.15, 0.2) is 11.1 Å². The van der Waals surface area contributed by atoms with E-state index in [-0.39, 0.29) is 40.6 Å². The van der Waals surface area contributed by atoms with Crippen molar-refractivity contribution in [1.29, 1.82) is 0 Å². The van der Waals surface area contributed by atoms with Crippen molar-refractivity contribution in [2.75, 3.05) is 12.3 Å². The molecule has 0 bridgehead atoms. The number of anilines is 1. The number of nitrogen functional groups attached to an aromatic ring is 1. The molecule has 1 saturated carbocycles. The third kappa shape index (κ3) is 8.21. The van der Waals surface area contributed by atoms with Crippen LogP contribution in [0.1, 0.15) is 82.9 Å². The third-order valence-corrected chi connectivity index (χ3v) is 9.08. The fourth-order valence-electron chi connectivity index (χ4n) is 6.77. The highest BCUT2D eigenvalue weighted by atomic mass is 32.2. The molecule has 1 heterocycles. The van der Waals surface area contributed by atoms with Crippen LogP contribution in [0.4, 0.5) is 5.95 Å². The number of carbonyl (C=O) groups is 1. The van der Waals surface area contributed by atoms with Gasteiger partial charge in [-0.15, -0.1) is 0 Å². The zero-order valence-electron chi connectivity index (χ0n) is 26.4. The molecule has 0 radical (unpaired) electrons. The van der Waals surface area contributed by atoms with Crippen molar-refractivity contribution in [2.24, 2.45) is 17.3 Å². The Hall–Kier alpha value is -3.30. The van der Waals surface area contributed by atoms with Gasteiger partial charge in [-0.25, -0.2) is 9.19 Å². The smallest absolute Gasteiger partial charge is 0.223 e. The van der Waals surface area contributed by atoms with Crippen LogP contribution in [-0.2, 0) is 15.9 Å². The van der Waals surface area contributed by atoms with Crippen LogP contribution < -0.4 is 15.8 Å². The van der Waals surface area contributed by atoms with Crippen LogP contribution >= 0.6 is 0 Å². The Bertz CT molecular complexity index is 1460. The maximum absolute atomic E-state index is 12.3. The molecule has 4 N–H and O–H groups in total. The van der Waals surface area contributed by atoms with Crippen LogP contribution in [0.25, 0.3) is 11.3 Å². The summed E-state index contributed by atoms with van der Waals surface area (Å²) in [5, 5.41) is 3.20. The van der Waals surface area contributed by atoms with Crippen LogP contribution in [0.15, 0.2) is 53.4 Å². The Morgan fingerprint density at radius 3 is 2.40 bits per heavy atom. The molecule has 0 spiro atoms. The number of nitrogens with zero attached hydrogens (tertiary/aromatic N) is 2. The number of carbonyl (C=O) groups excluding carboxylic acids is 1. The number of hydrogen-bond donors (Lipinski definition) is 3. The van der Waals surface area contributed by atoms with E-state index in [0.29, 0.717) is 23.8 Å². The molecule has 232 valence electrons. The lowest BCUT2D eigenvalue weighted by molar-refractivity contribution is -0.124. The summed E-state index contributed by atoms with van der Waals surface area (Å²) >= 11 is -2.09. The van der Waals surface area contributed by atoms with Crippen LogP contribution in [0.3, 0.4) is 0 Å². The lowest BCUT2D eigenvalue weighted by Crippen LogP contribution is -2.57. The fourth-order valence-corrected chi connectivity index (χ4v) is 7.20. The summed E-state index contributed by atoms with van der Waals surface area (Å²) in [6, 6.07) is 15.4. The second kappa shape index (κ2) is 13.1. The summed E-state index contributed by atoms with van der Waals surface area (Å²) in [7, 11) is 0. The van der Waals surface area contributed by atoms with Gasteiger partial charge in [0.2, 0.25) is 17.7 Å². The molecule has 43 heavy (non-hydrogen) atoms. The number of ether oxygens (including phenoxy) is 1. The van der Waals surface area contributed by atoms with Crippen molar-refractivity contribution in [2.45, 2.75) is 90.5 Å². The molecule has 1 amide bonds. The van der Waals surface area contributed by atoms with Gasteiger partial charge in [-0.2, -0.15) is 4.98 Å². The van der Waals surface area contributed by atoms with E-state index in [0.717, 1.165) is 47.2 Å². The van der Waals surface area contributed by atoms with E-state index in [1.54, 1.807) is 6.07 Å². The molecule has 3 aromatic rings. The van der Waals surface area contributed by atoms with Gasteiger partial charge in [0.05, 0.1) is 17.2 Å². The molecular formula is C34H46N4O4S. The topological polar surface area (TPSA) is 127 Å². The lowest BCUT2D eigenvalue weighted by atomic mass is 9.58. The average Bonchev–Trinajstić information content (AvgIpc) is 2.90. The monoisotopic (exact) mass is 606 g/mol. The zero-order valence-corrected chi connectivity index (χ0v) is 27.3. The number of hydrogen-bond acceptors (Lipinski definition) is 6. The van der Waals surface area contributed by atoms with E-state index in [2.05, 4.69) is 43.0 Å². The van der Waals surface area contributed by atoms with E-state index >= 15 is 0 Å². The van der Waals surface area contributed by atoms with Gasteiger partial charge in [0, 0.05) is 29.5 Å². The SMILES string of the molecule is CCC(=O)NC1(C)CC(C(c2cccc(S(=O)O)c2)[C@@H](COc2cc(-c3c(C)cccc3C)nc(N)n2)CC(C)(C)C)C1. The zero-order chi connectivity index (χ0) is 31.5. The maximum atomic E-state index is 12.3. The van der Waals surface area contributed by atoms with Crippen LogP contribution in [-0.4, -0.2) is 36.8 Å². The molecule has 2 aromatic carbocycles. The largest absolute Gasteiger partial charge is 0.477 e. The number of aromatic nitrogens is 2. The Labute approximate surface area is 258 Å². The van der Waals surface area contributed by atoms with Crippen molar-refractivity contribution in [3.63, 3.8) is 0 Å². The lowest BCUT2D eigenvalue weighted by Gasteiger charge is -2.51. The number of nitrogens with one attached hydrogen (secondary N) is 1. The Balaban J connectivity index is 1.69. The first-order chi connectivity index (χ1) is 20.2. The molecule has 4 rings (SSSR count). The summed E-state index contributed by atoms with van der Waals surface area (Å²) in [4.78, 5) is 21.6. The first-order valence-electron chi connectivity index (χ1n) is 15.0. The van der Waals surface area contributed by atoms with Gasteiger partial charge in [-0.1, -0.05) is 58.0 Å². The second-order valence-electron chi connectivity index (χ2n) is 13.5. The van der Waals surface area contributed by atoms with E-state index < -0.39 is 11.1 Å². The van der Waals surface area contributed by atoms with Gasteiger partial charge in [-0.05, 0) is 86.1 Å². The summed E-state index contributed by atoms with van der Waals surface area (Å²) in [5.41, 5.74) is 10.8. The minimum absolute atomic E-state index is 0.0126. The summed E-state index contributed by atoms with van der Waals surface area (Å²) in [6.45, 7) is 15.1. The van der Waals surface area contributed by atoms with Gasteiger partial charge in [0.1, 0.15) is 0 Å². The predicted molar refractivity (Wildman–Crippen MR) is 172 cm³/mol. The van der Waals surface area contributed by atoms with E-state index in [9.17, 15) is 13.6 Å². The van der Waals surface area contributed by atoms with Gasteiger partial charge in [0.25, 0.3) is 0 Å². The second-order valence-corrected chi connectivity index (χ2v) is 14.5. The predicted octanol–water partition coefficient (Wildman–Crippen LogP) is 6.83. The summed E-state index contributed by atoms with van der Waals surface area (Å²) in [5.74, 6) is 0.956. The Morgan fingerprint density at radius 1 is 1.14 bits per heavy atom. The summed E-state index contributed by atoms with van der Waals surface area (Å²) in [6.07, 6.45) is 2.92. The van der Waals surface area contributed by atoms with Crippen molar-refractivity contribution < 1.29 is 18.3 Å². The number of nitrogens with two attached hydrogens (primary N) is 1. The molecule has 9 heteroatoms. The van der Waals surface area contributed by atoms with Crippen LogP contribution in [0.5, 0.6) is 5.88 Å². The van der Waals surface area contributed by atoms with E-state index in [1.165, 1.54) is 0 Å². The molecule has 0 saturated heterocycles. The first kappa shape index (κ1) is 32.6. The molecular weight excluding hydrogens is 560 g/mol. The molecule has 0 aliphatic heterocycles. The van der Waals surface area contributed by atoms with Gasteiger partial charge in [-0.3, -0.25) is 4.79 Å². The molecule has 1 aliphatic carbocycles. The average molecular weight is 607 g/mol. The van der Waals surface area contributed by atoms with Crippen molar-refractivity contribution in [3.8, 4) is 17.1 Å². The van der Waals surface area contributed by atoms with Crippen LogP contribution in [0, 0.1) is 31.1 Å². The molecule has 1 fully saturated rings. The minimum atomic E-state index is -2.09.